The Morgan fingerprint density at radius 2 is 2.12 bits per heavy atom. The summed E-state index contributed by atoms with van der Waals surface area (Å²) in [6.07, 6.45) is 0.150. The molecule has 0 aliphatic rings. The second kappa shape index (κ2) is 5.52. The zero-order chi connectivity index (χ0) is 13.1. The van der Waals surface area contributed by atoms with E-state index < -0.39 is 5.60 Å². The topological polar surface area (TPSA) is 52.3 Å². The van der Waals surface area contributed by atoms with Crippen molar-refractivity contribution in [3.63, 3.8) is 0 Å². The fourth-order valence-electron chi connectivity index (χ4n) is 1.42. The summed E-state index contributed by atoms with van der Waals surface area (Å²) in [5.74, 6) is -0.301. The Kier molecular flexibility index (Phi) is 4.54. The van der Waals surface area contributed by atoms with Crippen LogP contribution in [0.4, 0.5) is 0 Å². The molecular weight excluding hydrogens is 238 g/mol. The van der Waals surface area contributed by atoms with Crippen LogP contribution >= 0.6 is 11.6 Å². The normalized spacial score (nSPS) is 13.2. The molecule has 0 spiro atoms. The van der Waals surface area contributed by atoms with Gasteiger partial charge in [-0.15, -0.1) is 0 Å². The van der Waals surface area contributed by atoms with Crippen LogP contribution in [-0.2, 0) is 9.53 Å². The molecule has 1 atom stereocenters. The van der Waals surface area contributed by atoms with E-state index in [2.05, 4.69) is 0 Å². The number of ether oxygens (including phenoxy) is 1. The number of halogens is 1. The number of esters is 1. The van der Waals surface area contributed by atoms with Crippen molar-refractivity contribution in [1.82, 2.24) is 0 Å². The summed E-state index contributed by atoms with van der Waals surface area (Å²) in [5, 5.41) is 0.613. The molecule has 0 aliphatic carbocycles. The van der Waals surface area contributed by atoms with Crippen LogP contribution in [0.2, 0.25) is 5.02 Å². The number of carbonyl (C=O) groups excluding carboxylic acids is 1. The highest BCUT2D eigenvalue weighted by Gasteiger charge is 2.19. The van der Waals surface area contributed by atoms with Crippen LogP contribution in [0.5, 0.6) is 0 Å². The van der Waals surface area contributed by atoms with Gasteiger partial charge in [-0.1, -0.05) is 23.7 Å². The van der Waals surface area contributed by atoms with E-state index in [1.165, 1.54) is 0 Å². The van der Waals surface area contributed by atoms with Crippen LogP contribution in [-0.4, -0.2) is 11.6 Å². The molecule has 0 radical (unpaired) electrons. The third kappa shape index (κ3) is 5.20. The lowest BCUT2D eigenvalue weighted by Gasteiger charge is -2.21. The van der Waals surface area contributed by atoms with E-state index in [1.807, 2.05) is 32.9 Å². The minimum atomic E-state index is -0.481. The Balaban J connectivity index is 2.61. The van der Waals surface area contributed by atoms with Gasteiger partial charge in [0.25, 0.3) is 0 Å². The Hall–Kier alpha value is -1.06. The minimum absolute atomic E-state index is 0.150. The van der Waals surface area contributed by atoms with Crippen molar-refractivity contribution in [3.05, 3.63) is 34.9 Å². The number of hydrogen-bond acceptors (Lipinski definition) is 3. The summed E-state index contributed by atoms with van der Waals surface area (Å²) in [6, 6.07) is 6.80. The van der Waals surface area contributed by atoms with Crippen molar-refractivity contribution in [3.8, 4) is 0 Å². The molecule has 0 aliphatic heterocycles. The number of carbonyl (C=O) groups is 1. The maximum absolute atomic E-state index is 11.6. The van der Waals surface area contributed by atoms with Crippen LogP contribution in [0, 0.1) is 0 Å². The van der Waals surface area contributed by atoms with Crippen LogP contribution in [0.15, 0.2) is 24.3 Å². The van der Waals surface area contributed by atoms with Crippen molar-refractivity contribution in [1.29, 1.82) is 0 Å². The van der Waals surface area contributed by atoms with Crippen molar-refractivity contribution in [2.75, 3.05) is 0 Å². The van der Waals surface area contributed by atoms with Gasteiger partial charge in [-0.2, -0.15) is 0 Å². The second-order valence-corrected chi connectivity index (χ2v) is 5.39. The molecule has 0 fully saturated rings. The van der Waals surface area contributed by atoms with Crippen LogP contribution < -0.4 is 5.73 Å². The van der Waals surface area contributed by atoms with Gasteiger partial charge in [0.2, 0.25) is 0 Å². The van der Waals surface area contributed by atoms with E-state index in [-0.39, 0.29) is 18.4 Å². The summed E-state index contributed by atoms with van der Waals surface area (Å²) in [6.45, 7) is 5.49. The average Bonchev–Trinajstić information content (AvgIpc) is 2.14. The van der Waals surface area contributed by atoms with E-state index in [9.17, 15) is 4.79 Å². The zero-order valence-corrected chi connectivity index (χ0v) is 11.1. The van der Waals surface area contributed by atoms with Gasteiger partial charge in [0.1, 0.15) is 5.60 Å². The molecule has 2 N–H and O–H groups in total. The van der Waals surface area contributed by atoms with Crippen molar-refractivity contribution in [2.45, 2.75) is 38.8 Å². The Labute approximate surface area is 107 Å². The molecular formula is C13H18ClNO2. The summed E-state index contributed by atoms with van der Waals surface area (Å²) in [5.41, 5.74) is 6.28. The molecule has 0 heterocycles. The Morgan fingerprint density at radius 3 is 2.65 bits per heavy atom. The molecule has 0 amide bonds. The smallest absolute Gasteiger partial charge is 0.308 e. The van der Waals surface area contributed by atoms with E-state index in [0.29, 0.717) is 5.02 Å². The number of rotatable bonds is 3. The van der Waals surface area contributed by atoms with E-state index in [0.717, 1.165) is 5.56 Å². The number of nitrogens with two attached hydrogens (primary N) is 1. The first-order valence-electron chi connectivity index (χ1n) is 5.51. The van der Waals surface area contributed by atoms with Crippen molar-refractivity contribution < 1.29 is 9.53 Å². The van der Waals surface area contributed by atoms with Gasteiger partial charge in [0.05, 0.1) is 6.42 Å². The summed E-state index contributed by atoms with van der Waals surface area (Å²) < 4.78 is 5.21. The quantitative estimate of drug-likeness (QED) is 0.845. The van der Waals surface area contributed by atoms with Gasteiger partial charge in [0, 0.05) is 11.1 Å². The molecule has 3 nitrogen and oxygen atoms in total. The monoisotopic (exact) mass is 255 g/mol. The third-order valence-electron chi connectivity index (χ3n) is 2.08. The number of hydrogen-bond donors (Lipinski definition) is 1. The largest absolute Gasteiger partial charge is 0.460 e. The van der Waals surface area contributed by atoms with Gasteiger partial charge in [0.15, 0.2) is 0 Å². The molecule has 94 valence electrons. The van der Waals surface area contributed by atoms with E-state index in [1.54, 1.807) is 12.1 Å². The molecule has 1 unspecified atom stereocenters. The number of benzene rings is 1. The van der Waals surface area contributed by atoms with E-state index in [4.69, 9.17) is 22.1 Å². The fraction of sp³-hybridized carbons (Fsp3) is 0.462. The molecule has 0 saturated heterocycles. The van der Waals surface area contributed by atoms with Gasteiger partial charge < -0.3 is 10.5 Å². The summed E-state index contributed by atoms with van der Waals surface area (Å²) >= 11 is 5.86. The molecule has 0 bridgehead atoms. The predicted molar refractivity (Wildman–Crippen MR) is 68.8 cm³/mol. The van der Waals surface area contributed by atoms with Gasteiger partial charge in [-0.25, -0.2) is 0 Å². The average molecular weight is 256 g/mol. The standard InChI is InChI=1S/C13H18ClNO2/c1-13(2,3)17-12(16)8-11(15)9-5-4-6-10(14)7-9/h4-7,11H,8,15H2,1-3H3. The fourth-order valence-corrected chi connectivity index (χ4v) is 1.62. The van der Waals surface area contributed by atoms with Gasteiger partial charge in [-0.05, 0) is 38.5 Å². The SMILES string of the molecule is CC(C)(C)OC(=O)CC(N)c1cccc(Cl)c1. The predicted octanol–water partition coefficient (Wildman–Crippen LogP) is 3.07. The molecule has 1 rings (SSSR count). The highest BCUT2D eigenvalue weighted by molar-refractivity contribution is 6.30. The van der Waals surface area contributed by atoms with Crippen molar-refractivity contribution >= 4 is 17.6 Å². The first-order valence-corrected chi connectivity index (χ1v) is 5.88. The third-order valence-corrected chi connectivity index (χ3v) is 2.32. The first-order chi connectivity index (χ1) is 7.78. The zero-order valence-electron chi connectivity index (χ0n) is 10.4. The van der Waals surface area contributed by atoms with Gasteiger partial charge >= 0.3 is 5.97 Å². The Bertz CT molecular complexity index is 399. The van der Waals surface area contributed by atoms with Crippen LogP contribution in [0.3, 0.4) is 0 Å². The maximum atomic E-state index is 11.6. The lowest BCUT2D eigenvalue weighted by atomic mass is 10.0. The lowest BCUT2D eigenvalue weighted by molar-refractivity contribution is -0.155. The Morgan fingerprint density at radius 1 is 1.47 bits per heavy atom. The molecule has 1 aromatic rings. The maximum Gasteiger partial charge on any atom is 0.308 e. The summed E-state index contributed by atoms with van der Waals surface area (Å²) in [7, 11) is 0. The molecule has 0 saturated carbocycles. The molecule has 4 heteroatoms. The second-order valence-electron chi connectivity index (χ2n) is 4.95. The van der Waals surface area contributed by atoms with Crippen molar-refractivity contribution in [2.24, 2.45) is 5.73 Å². The summed E-state index contributed by atoms with van der Waals surface area (Å²) in [4.78, 5) is 11.6. The van der Waals surface area contributed by atoms with Crippen LogP contribution in [0.1, 0.15) is 38.8 Å². The van der Waals surface area contributed by atoms with E-state index >= 15 is 0 Å². The lowest BCUT2D eigenvalue weighted by Crippen LogP contribution is -2.26. The molecule has 1 aromatic carbocycles. The molecule has 17 heavy (non-hydrogen) atoms. The first kappa shape index (κ1) is 14.0. The van der Waals surface area contributed by atoms with Crippen LogP contribution in [0.25, 0.3) is 0 Å². The molecule has 0 aromatic heterocycles. The van der Waals surface area contributed by atoms with Gasteiger partial charge in [-0.3, -0.25) is 4.79 Å². The highest BCUT2D eigenvalue weighted by atomic mass is 35.5. The highest BCUT2D eigenvalue weighted by Crippen LogP contribution is 2.20. The minimum Gasteiger partial charge on any atom is -0.460 e.